The van der Waals surface area contributed by atoms with Gasteiger partial charge in [-0.25, -0.2) is 0 Å². The zero-order valence-corrected chi connectivity index (χ0v) is 39.0. The largest absolute Gasteiger partial charge is 0.466 e. The molecule has 0 aliphatic carbocycles. The fraction of sp³-hybridized carbons (Fsp3) is 0.960. The molecule has 1 heterocycles. The third-order valence-electron chi connectivity index (χ3n) is 12.5. The van der Waals surface area contributed by atoms with Gasteiger partial charge in [-0.15, -0.1) is 0 Å². The van der Waals surface area contributed by atoms with E-state index < -0.39 is 5.79 Å². The van der Waals surface area contributed by atoms with E-state index in [4.69, 9.17) is 18.9 Å². The van der Waals surface area contributed by atoms with Crippen LogP contribution < -0.4 is 0 Å². The molecule has 1 aliphatic heterocycles. The highest BCUT2D eigenvalue weighted by atomic mass is 16.7. The van der Waals surface area contributed by atoms with Crippen LogP contribution in [0.4, 0.5) is 0 Å². The Balaban J connectivity index is 2.33. The predicted molar refractivity (Wildman–Crippen MR) is 241 cm³/mol. The van der Waals surface area contributed by atoms with Crippen LogP contribution in [0.5, 0.6) is 0 Å². The molecule has 1 fully saturated rings. The quantitative estimate of drug-likeness (QED) is 0.0449. The first-order chi connectivity index (χ1) is 27.8. The number of hydrogen-bond donors (Lipinski definition) is 0. The molecule has 1 saturated heterocycles. The number of unbranched alkanes of at least 4 members (excludes halogenated alkanes) is 18. The molecule has 57 heavy (non-hydrogen) atoms. The number of esters is 2. The summed E-state index contributed by atoms with van der Waals surface area (Å²) >= 11 is 0. The average Bonchev–Trinajstić information content (AvgIpc) is 3.61. The monoisotopic (exact) mass is 808 g/mol. The van der Waals surface area contributed by atoms with Gasteiger partial charge in [0, 0.05) is 32.2 Å². The average molecular weight is 808 g/mol. The van der Waals surface area contributed by atoms with Gasteiger partial charge in [0.05, 0.1) is 25.9 Å². The van der Waals surface area contributed by atoms with E-state index in [0.717, 1.165) is 71.0 Å². The zero-order chi connectivity index (χ0) is 41.7. The molecule has 0 aromatic carbocycles. The lowest BCUT2D eigenvalue weighted by molar-refractivity contribution is -0.180. The van der Waals surface area contributed by atoms with Gasteiger partial charge in [-0.1, -0.05) is 170 Å². The van der Waals surface area contributed by atoms with Crippen molar-refractivity contribution in [3.8, 4) is 0 Å². The first-order valence-corrected chi connectivity index (χ1v) is 25.2. The lowest BCUT2D eigenvalue weighted by atomic mass is 9.92. The summed E-state index contributed by atoms with van der Waals surface area (Å²) in [6.07, 6.45) is 36.5. The van der Waals surface area contributed by atoms with Crippen LogP contribution in [-0.2, 0) is 28.5 Å². The van der Waals surface area contributed by atoms with Gasteiger partial charge in [0.25, 0.3) is 0 Å². The Labute approximate surface area is 354 Å². The molecular weight excluding hydrogens is 711 g/mol. The van der Waals surface area contributed by atoms with E-state index in [2.05, 4.69) is 46.4 Å². The number of rotatable bonds is 42. The molecule has 0 aromatic heterocycles. The number of carbonyl (C=O) groups excluding carboxylic acids is 2. The molecule has 7 nitrogen and oxygen atoms in total. The minimum absolute atomic E-state index is 0.0153. The summed E-state index contributed by atoms with van der Waals surface area (Å²) in [4.78, 5) is 27.6. The van der Waals surface area contributed by atoms with Gasteiger partial charge in [-0.3, -0.25) is 9.59 Å². The Morgan fingerprint density at radius 3 is 1.26 bits per heavy atom. The van der Waals surface area contributed by atoms with E-state index >= 15 is 0 Å². The van der Waals surface area contributed by atoms with E-state index in [-0.39, 0.29) is 18.0 Å². The maximum Gasteiger partial charge on any atom is 0.306 e. The molecule has 0 saturated carbocycles. The zero-order valence-electron chi connectivity index (χ0n) is 39.0. The number of hydrogen-bond acceptors (Lipinski definition) is 7. The number of carbonyl (C=O) groups is 2. The first-order valence-electron chi connectivity index (χ1n) is 25.2. The summed E-state index contributed by atoms with van der Waals surface area (Å²) in [5.41, 5.74) is 0. The van der Waals surface area contributed by atoms with Crippen molar-refractivity contribution in [3.05, 3.63) is 0 Å². The molecule has 338 valence electrons. The van der Waals surface area contributed by atoms with Crippen molar-refractivity contribution in [1.29, 1.82) is 0 Å². The summed E-state index contributed by atoms with van der Waals surface area (Å²) in [6.45, 7) is 18.3. The maximum absolute atomic E-state index is 12.6. The van der Waals surface area contributed by atoms with Crippen LogP contribution in [0, 0.1) is 11.8 Å². The van der Waals surface area contributed by atoms with Crippen LogP contribution >= 0.6 is 0 Å². The van der Waals surface area contributed by atoms with Crippen LogP contribution in [0.15, 0.2) is 0 Å². The minimum atomic E-state index is -0.434. The van der Waals surface area contributed by atoms with E-state index in [1.165, 1.54) is 141 Å². The Kier molecular flexibility index (Phi) is 35.7. The third-order valence-corrected chi connectivity index (χ3v) is 12.5. The van der Waals surface area contributed by atoms with Crippen LogP contribution in [0.25, 0.3) is 0 Å². The maximum atomic E-state index is 12.6. The van der Waals surface area contributed by atoms with Gasteiger partial charge in [-0.05, 0) is 76.3 Å². The van der Waals surface area contributed by atoms with E-state index in [1.54, 1.807) is 0 Å². The Bertz CT molecular complexity index is 833. The van der Waals surface area contributed by atoms with E-state index in [1.807, 2.05) is 0 Å². The molecule has 1 unspecified atom stereocenters. The molecule has 0 radical (unpaired) electrons. The molecule has 7 heteroatoms. The molecule has 1 atom stereocenters. The highest BCUT2D eigenvalue weighted by Crippen LogP contribution is 2.35. The van der Waals surface area contributed by atoms with Crippen molar-refractivity contribution >= 4 is 11.9 Å². The number of likely N-dealkylation sites (N-methyl/N-ethyl adjacent to an activating group) is 1. The lowest BCUT2D eigenvalue weighted by Crippen LogP contribution is -2.36. The molecule has 0 spiro atoms. The van der Waals surface area contributed by atoms with Crippen LogP contribution in [0.3, 0.4) is 0 Å². The van der Waals surface area contributed by atoms with Gasteiger partial charge in [0.15, 0.2) is 5.79 Å². The molecule has 0 amide bonds. The van der Waals surface area contributed by atoms with Crippen molar-refractivity contribution in [2.45, 2.75) is 259 Å². The Hall–Kier alpha value is -1.18. The summed E-state index contributed by atoms with van der Waals surface area (Å²) in [7, 11) is 0. The van der Waals surface area contributed by atoms with Gasteiger partial charge < -0.3 is 23.8 Å². The summed E-state index contributed by atoms with van der Waals surface area (Å²) in [5.74, 6) is 0.590. The normalized spacial score (nSPS) is 15.4. The minimum Gasteiger partial charge on any atom is -0.466 e. The number of ether oxygens (including phenoxy) is 4. The Morgan fingerprint density at radius 2 is 0.895 bits per heavy atom. The van der Waals surface area contributed by atoms with Gasteiger partial charge >= 0.3 is 11.9 Å². The SMILES string of the molecule is CCCCCC(CCCCC)CC(=O)OCCCCCCCCC1(CCCCCCCCOC(=O)CC(CCCCC)CCCCC)OCC(CN(CC)CC)O1. The summed E-state index contributed by atoms with van der Waals surface area (Å²) < 4.78 is 24.6. The Morgan fingerprint density at radius 1 is 0.526 bits per heavy atom. The second-order valence-electron chi connectivity index (χ2n) is 17.8. The van der Waals surface area contributed by atoms with Crippen molar-refractivity contribution in [1.82, 2.24) is 4.90 Å². The third kappa shape index (κ3) is 29.7. The molecular formula is C50H97NO6. The fourth-order valence-corrected chi connectivity index (χ4v) is 8.66. The second-order valence-corrected chi connectivity index (χ2v) is 17.8. The topological polar surface area (TPSA) is 74.3 Å². The number of nitrogens with zero attached hydrogens (tertiary/aromatic N) is 1. The van der Waals surface area contributed by atoms with Gasteiger partial charge in [-0.2, -0.15) is 0 Å². The second kappa shape index (κ2) is 37.8. The van der Waals surface area contributed by atoms with Crippen LogP contribution in [0.2, 0.25) is 0 Å². The fourth-order valence-electron chi connectivity index (χ4n) is 8.66. The molecule has 0 N–H and O–H groups in total. The highest BCUT2D eigenvalue weighted by molar-refractivity contribution is 5.70. The summed E-state index contributed by atoms with van der Waals surface area (Å²) in [5, 5.41) is 0. The first kappa shape index (κ1) is 53.8. The van der Waals surface area contributed by atoms with Crippen LogP contribution in [-0.4, -0.2) is 68.2 Å². The van der Waals surface area contributed by atoms with E-state index in [0.29, 0.717) is 44.5 Å². The molecule has 0 aromatic rings. The standard InChI is InChI=1S/C50H97NO6/c1-7-13-25-33-45(34-26-14-8-2)41-48(52)54-39-31-23-19-17-21-29-37-50(56-44-47(57-50)43-51(11-5)12-6)38-30-22-18-20-24-32-40-55-49(53)42-46(35-27-15-9-3)36-28-16-10-4/h45-47H,7-44H2,1-6H3. The van der Waals surface area contributed by atoms with Crippen molar-refractivity contribution in [2.24, 2.45) is 11.8 Å². The van der Waals surface area contributed by atoms with Gasteiger partial charge in [0.2, 0.25) is 0 Å². The summed E-state index contributed by atoms with van der Waals surface area (Å²) in [6, 6.07) is 0. The molecule has 1 rings (SSSR count). The van der Waals surface area contributed by atoms with E-state index in [9.17, 15) is 9.59 Å². The molecule has 0 bridgehead atoms. The highest BCUT2D eigenvalue weighted by Gasteiger charge is 2.40. The predicted octanol–water partition coefficient (Wildman–Crippen LogP) is 14.3. The lowest BCUT2D eigenvalue weighted by Gasteiger charge is -2.29. The van der Waals surface area contributed by atoms with Crippen LogP contribution in [0.1, 0.15) is 247 Å². The van der Waals surface area contributed by atoms with Crippen molar-refractivity contribution in [2.75, 3.05) is 39.5 Å². The van der Waals surface area contributed by atoms with Crippen molar-refractivity contribution in [3.63, 3.8) is 0 Å². The van der Waals surface area contributed by atoms with Crippen molar-refractivity contribution < 1.29 is 28.5 Å². The molecule has 1 aliphatic rings. The van der Waals surface area contributed by atoms with Gasteiger partial charge in [0.1, 0.15) is 0 Å². The smallest absolute Gasteiger partial charge is 0.306 e.